The van der Waals surface area contributed by atoms with E-state index in [2.05, 4.69) is 15.6 Å². The van der Waals surface area contributed by atoms with Crippen molar-refractivity contribution in [1.29, 1.82) is 0 Å². The van der Waals surface area contributed by atoms with Crippen LogP contribution in [0.1, 0.15) is 44.2 Å². The van der Waals surface area contributed by atoms with Gasteiger partial charge in [0, 0.05) is 11.6 Å². The molecule has 0 aliphatic heterocycles. The van der Waals surface area contributed by atoms with Crippen LogP contribution >= 0.6 is 0 Å². The van der Waals surface area contributed by atoms with E-state index < -0.39 is 17.8 Å². The highest BCUT2D eigenvalue weighted by Gasteiger charge is 2.37. The Bertz CT molecular complexity index is 1430. The number of halogens is 1. The highest BCUT2D eigenvalue weighted by molar-refractivity contribution is 6.02. The third-order valence-corrected chi connectivity index (χ3v) is 6.81. The fourth-order valence-corrected chi connectivity index (χ4v) is 5.04. The molecule has 196 valence electrons. The third kappa shape index (κ3) is 5.22. The van der Waals surface area contributed by atoms with Crippen molar-refractivity contribution in [2.24, 2.45) is 0 Å². The van der Waals surface area contributed by atoms with Crippen molar-refractivity contribution in [3.63, 3.8) is 0 Å². The Morgan fingerprint density at radius 2 is 1.76 bits per heavy atom. The number of anilines is 1. The van der Waals surface area contributed by atoms with Crippen molar-refractivity contribution in [2.75, 3.05) is 11.5 Å². The molecule has 0 bridgehead atoms. The highest BCUT2D eigenvalue weighted by atomic mass is 19.1. The van der Waals surface area contributed by atoms with Gasteiger partial charge in [0.2, 0.25) is 11.8 Å². The summed E-state index contributed by atoms with van der Waals surface area (Å²) in [7, 11) is 0. The number of benzene rings is 3. The second kappa shape index (κ2) is 11.4. The molecule has 0 spiro atoms. The van der Waals surface area contributed by atoms with Crippen molar-refractivity contribution >= 4 is 28.5 Å². The smallest absolute Gasteiger partial charge is 0.249 e. The molecule has 1 aliphatic rings. The summed E-state index contributed by atoms with van der Waals surface area (Å²) in [6.45, 7) is 1.98. The van der Waals surface area contributed by atoms with Crippen LogP contribution in [0, 0.1) is 5.82 Å². The molecule has 4 aromatic rings. The molecule has 0 saturated heterocycles. The number of rotatable bonds is 9. The van der Waals surface area contributed by atoms with Crippen LogP contribution in [0.15, 0.2) is 72.8 Å². The first-order valence-electron chi connectivity index (χ1n) is 12.9. The van der Waals surface area contributed by atoms with Gasteiger partial charge in [-0.1, -0.05) is 60.5 Å². The second-order valence-corrected chi connectivity index (χ2v) is 9.31. The van der Waals surface area contributed by atoms with Gasteiger partial charge in [-0.15, -0.1) is 5.10 Å². The molecule has 1 aliphatic carbocycles. The number of nitrogens with zero attached hydrogens (tertiary/aromatic N) is 4. The Morgan fingerprint density at radius 1 is 1.05 bits per heavy atom. The summed E-state index contributed by atoms with van der Waals surface area (Å²) in [4.78, 5) is 29.3. The number of carbonyl (C=O) groups is 2. The predicted octanol–water partition coefficient (Wildman–Crippen LogP) is 4.80. The predicted molar refractivity (Wildman–Crippen MR) is 142 cm³/mol. The van der Waals surface area contributed by atoms with E-state index >= 15 is 4.39 Å². The highest BCUT2D eigenvalue weighted by Crippen LogP contribution is 2.35. The molecule has 1 fully saturated rings. The lowest BCUT2D eigenvalue weighted by molar-refractivity contribution is -0.127. The molecule has 5 rings (SSSR count). The first-order chi connectivity index (χ1) is 18.6. The molecule has 2 amide bonds. The average molecular weight is 516 g/mol. The number of hydrogen-bond donors (Lipinski definition) is 1. The molecule has 1 aromatic heterocycles. The summed E-state index contributed by atoms with van der Waals surface area (Å²) in [6, 6.07) is 19.2. The van der Waals surface area contributed by atoms with Crippen LogP contribution < -0.4 is 15.0 Å². The number of para-hydroxylation sites is 3. The van der Waals surface area contributed by atoms with Gasteiger partial charge in [0.05, 0.1) is 17.8 Å². The number of fused-ring (bicyclic) bond motifs is 1. The zero-order valence-electron chi connectivity index (χ0n) is 21.2. The first kappa shape index (κ1) is 25.4. The number of hydrogen-bond acceptors (Lipinski definition) is 5. The fraction of sp³-hybridized carbons (Fsp3) is 0.310. The molecule has 1 N–H and O–H groups in total. The number of ether oxygens (including phenoxy) is 1. The largest absolute Gasteiger partial charge is 0.493 e. The number of nitrogens with one attached hydrogen (secondary N) is 1. The van der Waals surface area contributed by atoms with E-state index in [0.29, 0.717) is 29.0 Å². The Hall–Kier alpha value is -4.27. The van der Waals surface area contributed by atoms with Gasteiger partial charge in [0.25, 0.3) is 0 Å². The van der Waals surface area contributed by atoms with Crippen molar-refractivity contribution in [3.05, 3.63) is 84.2 Å². The van der Waals surface area contributed by atoms with Gasteiger partial charge in [0.15, 0.2) is 0 Å². The van der Waals surface area contributed by atoms with Crippen LogP contribution in [0.25, 0.3) is 11.0 Å². The van der Waals surface area contributed by atoms with Crippen LogP contribution in [0.4, 0.5) is 10.1 Å². The maximum atomic E-state index is 15.3. The lowest BCUT2D eigenvalue weighted by Crippen LogP contribution is -2.47. The summed E-state index contributed by atoms with van der Waals surface area (Å²) in [5.41, 5.74) is 1.77. The van der Waals surface area contributed by atoms with Crippen LogP contribution in [0.5, 0.6) is 5.75 Å². The van der Waals surface area contributed by atoms with Gasteiger partial charge in [-0.05, 0) is 50.1 Å². The topological polar surface area (TPSA) is 89.4 Å². The zero-order valence-corrected chi connectivity index (χ0v) is 21.2. The van der Waals surface area contributed by atoms with E-state index in [1.165, 1.54) is 21.7 Å². The Labute approximate surface area is 220 Å². The van der Waals surface area contributed by atoms with Gasteiger partial charge in [-0.3, -0.25) is 14.5 Å². The first-order valence-corrected chi connectivity index (χ1v) is 12.9. The fourth-order valence-electron chi connectivity index (χ4n) is 5.04. The van der Waals surface area contributed by atoms with Crippen molar-refractivity contribution in [1.82, 2.24) is 20.3 Å². The summed E-state index contributed by atoms with van der Waals surface area (Å²) in [5.74, 6) is -1.05. The van der Waals surface area contributed by atoms with Crippen LogP contribution in [0.3, 0.4) is 0 Å². The second-order valence-electron chi connectivity index (χ2n) is 9.31. The monoisotopic (exact) mass is 515 g/mol. The number of aromatic nitrogens is 3. The minimum Gasteiger partial charge on any atom is -0.493 e. The minimum absolute atomic E-state index is 0.000190. The molecule has 9 heteroatoms. The average Bonchev–Trinajstić information content (AvgIpc) is 3.59. The van der Waals surface area contributed by atoms with E-state index in [4.69, 9.17) is 4.74 Å². The van der Waals surface area contributed by atoms with Crippen LogP contribution in [-0.2, 0) is 16.1 Å². The van der Waals surface area contributed by atoms with E-state index in [1.807, 2.05) is 25.1 Å². The van der Waals surface area contributed by atoms with E-state index in [0.717, 1.165) is 25.7 Å². The van der Waals surface area contributed by atoms with Gasteiger partial charge in [-0.25, -0.2) is 9.07 Å². The minimum atomic E-state index is -1.17. The van der Waals surface area contributed by atoms with Crippen molar-refractivity contribution in [2.45, 2.75) is 51.2 Å². The zero-order chi connectivity index (χ0) is 26.5. The van der Waals surface area contributed by atoms with Crippen LogP contribution in [0.2, 0.25) is 0 Å². The molecule has 1 saturated carbocycles. The van der Waals surface area contributed by atoms with Gasteiger partial charge >= 0.3 is 0 Å². The maximum Gasteiger partial charge on any atom is 0.249 e. The molecule has 1 heterocycles. The summed E-state index contributed by atoms with van der Waals surface area (Å²) >= 11 is 0. The van der Waals surface area contributed by atoms with Gasteiger partial charge in [-0.2, -0.15) is 0 Å². The normalized spacial score (nSPS) is 14.4. The molecular weight excluding hydrogens is 485 g/mol. The molecule has 0 radical (unpaired) electrons. The molecule has 3 aromatic carbocycles. The molecule has 0 unspecified atom stereocenters. The maximum absolute atomic E-state index is 15.3. The van der Waals surface area contributed by atoms with Gasteiger partial charge < -0.3 is 10.1 Å². The quantitative estimate of drug-likeness (QED) is 0.346. The lowest BCUT2D eigenvalue weighted by Gasteiger charge is -2.33. The van der Waals surface area contributed by atoms with Crippen molar-refractivity contribution in [3.8, 4) is 5.75 Å². The Morgan fingerprint density at radius 3 is 2.55 bits per heavy atom. The number of carbonyl (C=O) groups excluding carboxylic acids is 2. The van der Waals surface area contributed by atoms with E-state index in [9.17, 15) is 9.59 Å². The SMILES string of the molecule is CCOc1ccccc1[C@@H](C(=O)NC1CCCC1)N(C(=O)Cn1nnc2ccccc21)c1ccccc1F. The van der Waals surface area contributed by atoms with Crippen molar-refractivity contribution < 1.29 is 18.7 Å². The molecular formula is C29H30FN5O3. The van der Waals surface area contributed by atoms with Gasteiger partial charge in [0.1, 0.15) is 29.7 Å². The number of amides is 2. The summed E-state index contributed by atoms with van der Waals surface area (Å²) < 4.78 is 22.7. The molecule has 8 nitrogen and oxygen atoms in total. The molecule has 38 heavy (non-hydrogen) atoms. The lowest BCUT2D eigenvalue weighted by atomic mass is 10.0. The van der Waals surface area contributed by atoms with E-state index in [1.54, 1.807) is 42.5 Å². The molecule has 1 atom stereocenters. The summed E-state index contributed by atoms with van der Waals surface area (Å²) in [6.07, 6.45) is 3.79. The Kier molecular flexibility index (Phi) is 7.62. The van der Waals surface area contributed by atoms with Crippen LogP contribution in [-0.4, -0.2) is 39.5 Å². The third-order valence-electron chi connectivity index (χ3n) is 6.81. The summed E-state index contributed by atoms with van der Waals surface area (Å²) in [5, 5.41) is 11.4. The Balaban J connectivity index is 1.62. The standard InChI is InChI=1S/C29H30FN5O3/c1-2-38-26-18-10-5-13-21(26)28(29(37)31-20-11-3-4-12-20)35(24-16-8-6-14-22(24)30)27(36)19-34-25-17-9-7-15-23(25)32-33-34/h5-10,13-18,20,28H,2-4,11-12,19H2,1H3,(H,31,37)/t28-/m0/s1. The van der Waals surface area contributed by atoms with E-state index in [-0.39, 0.29) is 24.2 Å².